The van der Waals surface area contributed by atoms with Gasteiger partial charge < -0.3 is 28.5 Å². The minimum Gasteiger partial charge on any atom is -0.868 e. The molecule has 1 N–H and O–H groups in total. The van der Waals surface area contributed by atoms with Gasteiger partial charge in [-0.25, -0.2) is 0 Å². The van der Waals surface area contributed by atoms with E-state index in [4.69, 9.17) is 13.6 Å². The largest absolute Gasteiger partial charge is 0.868 e. The number of ketones is 1. The van der Waals surface area contributed by atoms with Crippen LogP contribution in [0.25, 0.3) is 11.0 Å². The standard InChI is InChI=1S/C24H24N2O6/c27-22(19-15-16-5-1-2-6-17(16)32-19)20-21(18-7-3-12-31-18)26(24(29)23(20)28)9-4-8-25-10-13-30-14-11-25/h1-3,5-7,12,15,21,28H,4,8-11,13-14H2. The predicted octanol–water partition coefficient (Wildman–Crippen LogP) is 0.712. The molecule has 8 nitrogen and oxygen atoms in total. The van der Waals surface area contributed by atoms with Crippen LogP contribution in [0.3, 0.4) is 0 Å². The van der Waals surface area contributed by atoms with E-state index >= 15 is 0 Å². The summed E-state index contributed by atoms with van der Waals surface area (Å²) in [7, 11) is 0. The number of fused-ring (bicyclic) bond motifs is 1. The quantitative estimate of drug-likeness (QED) is 0.548. The van der Waals surface area contributed by atoms with Crippen molar-refractivity contribution < 1.29 is 33.2 Å². The van der Waals surface area contributed by atoms with Crippen molar-refractivity contribution in [2.75, 3.05) is 39.4 Å². The number of benzene rings is 1. The number of ether oxygens (including phenoxy) is 1. The first-order valence-corrected chi connectivity index (χ1v) is 10.8. The van der Waals surface area contributed by atoms with Crippen LogP contribution in [0.5, 0.6) is 0 Å². The minimum atomic E-state index is -0.856. The van der Waals surface area contributed by atoms with Gasteiger partial charge in [0.15, 0.2) is 5.76 Å². The molecule has 4 heterocycles. The average Bonchev–Trinajstić information content (AvgIpc) is 3.54. The highest BCUT2D eigenvalue weighted by Crippen LogP contribution is 2.39. The van der Waals surface area contributed by atoms with Crippen LogP contribution in [-0.4, -0.2) is 56.0 Å². The van der Waals surface area contributed by atoms with Crippen LogP contribution in [-0.2, 0) is 9.53 Å². The molecule has 0 saturated carbocycles. The highest BCUT2D eigenvalue weighted by atomic mass is 16.5. The molecule has 1 fully saturated rings. The van der Waals surface area contributed by atoms with Crippen molar-refractivity contribution in [1.29, 1.82) is 0 Å². The number of hydrogen-bond acceptors (Lipinski definition) is 6. The first kappa shape index (κ1) is 20.5. The molecule has 1 saturated heterocycles. The van der Waals surface area contributed by atoms with Crippen molar-refractivity contribution in [3.63, 3.8) is 0 Å². The first-order chi connectivity index (χ1) is 15.6. The summed E-state index contributed by atoms with van der Waals surface area (Å²) in [6.07, 6.45) is 2.18. The van der Waals surface area contributed by atoms with E-state index in [0.29, 0.717) is 24.3 Å². The van der Waals surface area contributed by atoms with Crippen LogP contribution >= 0.6 is 0 Å². The van der Waals surface area contributed by atoms with Gasteiger partial charge in [-0.1, -0.05) is 18.2 Å². The van der Waals surface area contributed by atoms with Crippen molar-refractivity contribution in [1.82, 2.24) is 4.90 Å². The molecule has 2 aliphatic rings. The van der Waals surface area contributed by atoms with E-state index in [1.54, 1.807) is 30.3 Å². The van der Waals surface area contributed by atoms with Crippen LogP contribution in [0.2, 0.25) is 0 Å². The lowest BCUT2D eigenvalue weighted by Gasteiger charge is -2.28. The minimum absolute atomic E-state index is 0.0403. The Labute approximate surface area is 184 Å². The molecule has 1 aromatic carbocycles. The maximum Gasteiger partial charge on any atom is 0.240 e. The Kier molecular flexibility index (Phi) is 5.55. The molecule has 1 atom stereocenters. The molecule has 0 bridgehead atoms. The molecule has 0 aliphatic carbocycles. The number of Topliss-reactive ketones (excluding diaryl/α,β-unsaturated/α-hetero) is 1. The summed E-state index contributed by atoms with van der Waals surface area (Å²) in [5.41, 5.74) is 0.427. The Morgan fingerprint density at radius 1 is 1.16 bits per heavy atom. The van der Waals surface area contributed by atoms with Crippen molar-refractivity contribution in [2.24, 2.45) is 0 Å². The van der Waals surface area contributed by atoms with E-state index in [2.05, 4.69) is 0 Å². The number of carbonyl (C=O) groups excluding carboxylic acids is 2. The summed E-state index contributed by atoms with van der Waals surface area (Å²) in [6.45, 7) is 4.54. The normalized spacial score (nSPS) is 19.9. The SMILES string of the molecule is O=C(C1=C([O-])C(=O)N(CCC[NH+]2CCOCC2)C1c1ccco1)c1cc2ccccc2o1. The number of rotatable bonds is 7. The molecular formula is C24H24N2O6. The van der Waals surface area contributed by atoms with Gasteiger partial charge in [0.05, 0.1) is 26.0 Å². The monoisotopic (exact) mass is 436 g/mol. The number of amides is 1. The third-order valence-corrected chi connectivity index (χ3v) is 6.12. The number of para-hydroxylation sites is 1. The van der Waals surface area contributed by atoms with Crippen molar-refractivity contribution in [3.05, 3.63) is 71.6 Å². The van der Waals surface area contributed by atoms with Gasteiger partial charge in [-0.2, -0.15) is 0 Å². The van der Waals surface area contributed by atoms with E-state index in [0.717, 1.165) is 38.2 Å². The van der Waals surface area contributed by atoms with Crippen molar-refractivity contribution >= 4 is 22.7 Å². The first-order valence-electron chi connectivity index (χ1n) is 10.8. The second-order valence-electron chi connectivity index (χ2n) is 8.10. The summed E-state index contributed by atoms with van der Waals surface area (Å²) in [5, 5.41) is 13.7. The Morgan fingerprint density at radius 2 is 1.97 bits per heavy atom. The Balaban J connectivity index is 1.41. The molecule has 5 rings (SSSR count). The molecule has 8 heteroatoms. The van der Waals surface area contributed by atoms with Crippen LogP contribution in [0, 0.1) is 0 Å². The van der Waals surface area contributed by atoms with Gasteiger partial charge in [-0.3, -0.25) is 9.59 Å². The second kappa shape index (κ2) is 8.64. The molecule has 3 aromatic rings. The highest BCUT2D eigenvalue weighted by Gasteiger charge is 2.41. The maximum atomic E-state index is 13.4. The van der Waals surface area contributed by atoms with Crippen molar-refractivity contribution in [3.8, 4) is 0 Å². The molecule has 0 radical (unpaired) electrons. The van der Waals surface area contributed by atoms with E-state index in [1.165, 1.54) is 16.1 Å². The average molecular weight is 436 g/mol. The highest BCUT2D eigenvalue weighted by molar-refractivity contribution is 6.15. The van der Waals surface area contributed by atoms with E-state index < -0.39 is 23.5 Å². The lowest BCUT2D eigenvalue weighted by Crippen LogP contribution is -3.14. The number of nitrogens with one attached hydrogen (secondary N) is 1. The van der Waals surface area contributed by atoms with Crippen LogP contribution < -0.4 is 10.0 Å². The molecule has 1 amide bonds. The van der Waals surface area contributed by atoms with Crippen LogP contribution in [0.1, 0.15) is 28.8 Å². The molecule has 2 aromatic heterocycles. The summed E-state index contributed by atoms with van der Waals surface area (Å²) in [4.78, 5) is 29.1. The van der Waals surface area contributed by atoms with Gasteiger partial charge in [0, 0.05) is 23.9 Å². The van der Waals surface area contributed by atoms with E-state index in [9.17, 15) is 14.7 Å². The van der Waals surface area contributed by atoms with Gasteiger partial charge in [0.2, 0.25) is 11.7 Å². The zero-order valence-corrected chi connectivity index (χ0v) is 17.5. The summed E-state index contributed by atoms with van der Waals surface area (Å²) in [5.74, 6) is -1.62. The van der Waals surface area contributed by atoms with Gasteiger partial charge in [0.1, 0.15) is 30.5 Å². The number of carbonyl (C=O) groups is 2. The molecule has 32 heavy (non-hydrogen) atoms. The number of nitrogens with zero attached hydrogens (tertiary/aromatic N) is 1. The number of hydrogen-bond donors (Lipinski definition) is 1. The van der Waals surface area contributed by atoms with Crippen LogP contribution in [0.15, 0.2) is 68.9 Å². The molecule has 1 unspecified atom stereocenters. The smallest absolute Gasteiger partial charge is 0.240 e. The molecule has 2 aliphatic heterocycles. The van der Waals surface area contributed by atoms with Gasteiger partial charge in [-0.15, -0.1) is 0 Å². The summed E-state index contributed by atoms with van der Waals surface area (Å²) in [6, 6.07) is 11.3. The fourth-order valence-electron chi connectivity index (χ4n) is 4.48. The van der Waals surface area contributed by atoms with Crippen LogP contribution in [0.4, 0.5) is 0 Å². The van der Waals surface area contributed by atoms with Crippen molar-refractivity contribution in [2.45, 2.75) is 12.5 Å². The van der Waals surface area contributed by atoms with Gasteiger partial charge >= 0.3 is 0 Å². The summed E-state index contributed by atoms with van der Waals surface area (Å²) < 4.78 is 16.6. The summed E-state index contributed by atoms with van der Waals surface area (Å²) >= 11 is 0. The van der Waals surface area contributed by atoms with Gasteiger partial charge in [-0.05, 0) is 30.0 Å². The lowest BCUT2D eigenvalue weighted by atomic mass is 9.99. The molecule has 166 valence electrons. The topological polar surface area (TPSA) is 100 Å². The Bertz CT molecular complexity index is 1120. The fraction of sp³-hybridized carbons (Fsp3) is 0.333. The molecular weight excluding hydrogens is 412 g/mol. The van der Waals surface area contributed by atoms with E-state index in [-0.39, 0.29) is 11.3 Å². The Morgan fingerprint density at radius 3 is 2.72 bits per heavy atom. The Hall–Kier alpha value is -3.36. The number of morpholine rings is 1. The number of furan rings is 2. The second-order valence-corrected chi connectivity index (χ2v) is 8.10. The fourth-order valence-corrected chi connectivity index (χ4v) is 4.48. The third kappa shape index (κ3) is 3.72. The lowest BCUT2D eigenvalue weighted by molar-refractivity contribution is -0.908. The third-order valence-electron chi connectivity index (χ3n) is 6.12. The van der Waals surface area contributed by atoms with E-state index in [1.807, 2.05) is 12.1 Å². The zero-order chi connectivity index (χ0) is 22.1. The maximum absolute atomic E-state index is 13.4. The number of quaternary nitrogens is 1. The zero-order valence-electron chi connectivity index (χ0n) is 17.5. The predicted molar refractivity (Wildman–Crippen MR) is 112 cm³/mol. The van der Waals surface area contributed by atoms with Gasteiger partial charge in [0.25, 0.3) is 0 Å². The molecule has 0 spiro atoms.